The van der Waals surface area contributed by atoms with Gasteiger partial charge in [-0.25, -0.2) is 0 Å². The van der Waals surface area contributed by atoms with Gasteiger partial charge in [0.2, 0.25) is 5.91 Å². The standard InChI is InChI=1S/C14H13F3N2O/c1-8-7-9(5-6-12(18)20)13-10(14(15,16)17)3-2-4-11(13)19-8/h2-4,7H,5-6H2,1H3,(H2,18,20). The third-order valence-corrected chi connectivity index (χ3v) is 2.99. The molecule has 3 nitrogen and oxygen atoms in total. The minimum Gasteiger partial charge on any atom is -0.370 e. The van der Waals surface area contributed by atoms with E-state index in [4.69, 9.17) is 5.73 Å². The van der Waals surface area contributed by atoms with E-state index in [1.807, 2.05) is 0 Å². The van der Waals surface area contributed by atoms with Gasteiger partial charge >= 0.3 is 6.18 Å². The SMILES string of the molecule is Cc1cc(CCC(N)=O)c2c(C(F)(F)F)cccc2n1. The Labute approximate surface area is 113 Å². The number of hydrogen-bond acceptors (Lipinski definition) is 2. The van der Waals surface area contributed by atoms with Crippen LogP contribution >= 0.6 is 0 Å². The van der Waals surface area contributed by atoms with E-state index in [0.29, 0.717) is 11.3 Å². The van der Waals surface area contributed by atoms with E-state index in [9.17, 15) is 18.0 Å². The van der Waals surface area contributed by atoms with Gasteiger partial charge in [0.1, 0.15) is 0 Å². The summed E-state index contributed by atoms with van der Waals surface area (Å²) < 4.78 is 39.2. The van der Waals surface area contributed by atoms with E-state index < -0.39 is 17.6 Å². The molecule has 1 amide bonds. The molecule has 0 bridgehead atoms. The molecule has 20 heavy (non-hydrogen) atoms. The highest BCUT2D eigenvalue weighted by atomic mass is 19.4. The van der Waals surface area contributed by atoms with Crippen LogP contribution in [-0.2, 0) is 17.4 Å². The van der Waals surface area contributed by atoms with Gasteiger partial charge in [0.05, 0.1) is 11.1 Å². The van der Waals surface area contributed by atoms with E-state index in [1.54, 1.807) is 13.0 Å². The zero-order valence-corrected chi connectivity index (χ0v) is 10.8. The summed E-state index contributed by atoms with van der Waals surface area (Å²) in [5, 5.41) is 0.0480. The molecule has 1 aromatic heterocycles. The number of benzene rings is 1. The summed E-state index contributed by atoms with van der Waals surface area (Å²) in [4.78, 5) is 15.0. The molecule has 1 aromatic carbocycles. The van der Waals surface area contributed by atoms with E-state index in [2.05, 4.69) is 4.98 Å². The number of aromatic nitrogens is 1. The monoisotopic (exact) mass is 282 g/mol. The van der Waals surface area contributed by atoms with Crippen molar-refractivity contribution < 1.29 is 18.0 Å². The predicted molar refractivity (Wildman–Crippen MR) is 69.0 cm³/mol. The number of carbonyl (C=O) groups excluding carboxylic acids is 1. The van der Waals surface area contributed by atoms with Crippen LogP contribution in [-0.4, -0.2) is 10.9 Å². The van der Waals surface area contributed by atoms with Crippen molar-refractivity contribution in [3.63, 3.8) is 0 Å². The largest absolute Gasteiger partial charge is 0.417 e. The molecule has 2 rings (SSSR count). The summed E-state index contributed by atoms with van der Waals surface area (Å²) in [6.07, 6.45) is -4.29. The molecule has 6 heteroatoms. The van der Waals surface area contributed by atoms with Crippen LogP contribution in [0.25, 0.3) is 10.9 Å². The van der Waals surface area contributed by atoms with Crippen LogP contribution < -0.4 is 5.73 Å². The Balaban J connectivity index is 2.68. The summed E-state index contributed by atoms with van der Waals surface area (Å²) in [7, 11) is 0. The molecule has 106 valence electrons. The van der Waals surface area contributed by atoms with Gasteiger partial charge in [0.25, 0.3) is 0 Å². The Hall–Kier alpha value is -2.11. The van der Waals surface area contributed by atoms with Gasteiger partial charge in [-0.05, 0) is 37.1 Å². The number of amides is 1. The minimum absolute atomic E-state index is 0.00471. The van der Waals surface area contributed by atoms with Gasteiger partial charge < -0.3 is 5.73 Å². The summed E-state index contributed by atoms with van der Waals surface area (Å²) in [6, 6.07) is 5.45. The number of hydrogen-bond donors (Lipinski definition) is 1. The lowest BCUT2D eigenvalue weighted by Crippen LogP contribution is -2.12. The molecule has 2 aromatic rings. The molecule has 0 aliphatic heterocycles. The number of primary amides is 1. The highest BCUT2D eigenvalue weighted by Crippen LogP contribution is 2.36. The highest BCUT2D eigenvalue weighted by molar-refractivity contribution is 5.87. The van der Waals surface area contributed by atoms with Crippen molar-refractivity contribution >= 4 is 16.8 Å². The third kappa shape index (κ3) is 2.89. The van der Waals surface area contributed by atoms with Crippen LogP contribution in [0.15, 0.2) is 24.3 Å². The fourth-order valence-corrected chi connectivity index (χ4v) is 2.21. The fraction of sp³-hybridized carbons (Fsp3) is 0.286. The number of pyridine rings is 1. The zero-order chi connectivity index (χ0) is 14.9. The predicted octanol–water partition coefficient (Wildman–Crippen LogP) is 2.98. The molecular weight excluding hydrogens is 269 g/mol. The van der Waals surface area contributed by atoms with Crippen LogP contribution in [0.2, 0.25) is 0 Å². The van der Waals surface area contributed by atoms with E-state index in [-0.39, 0.29) is 23.7 Å². The van der Waals surface area contributed by atoms with E-state index in [0.717, 1.165) is 6.07 Å². The van der Waals surface area contributed by atoms with Crippen molar-refractivity contribution in [3.05, 3.63) is 41.1 Å². The van der Waals surface area contributed by atoms with Gasteiger partial charge in [-0.1, -0.05) is 6.07 Å². The van der Waals surface area contributed by atoms with Crippen LogP contribution in [0.4, 0.5) is 13.2 Å². The summed E-state index contributed by atoms with van der Waals surface area (Å²) in [5.41, 5.74) is 5.66. The Morgan fingerprint density at radius 3 is 2.65 bits per heavy atom. The zero-order valence-electron chi connectivity index (χ0n) is 10.8. The number of rotatable bonds is 3. The van der Waals surface area contributed by atoms with Crippen molar-refractivity contribution in [2.45, 2.75) is 25.9 Å². The topological polar surface area (TPSA) is 56.0 Å². The van der Waals surface area contributed by atoms with Crippen molar-refractivity contribution in [1.82, 2.24) is 4.98 Å². The number of aryl methyl sites for hydroxylation is 2. The number of alkyl halides is 3. The molecule has 1 heterocycles. The lowest BCUT2D eigenvalue weighted by molar-refractivity contribution is -0.136. The second-order valence-electron chi connectivity index (χ2n) is 4.59. The summed E-state index contributed by atoms with van der Waals surface area (Å²) in [6.45, 7) is 1.70. The molecule has 0 spiro atoms. The maximum absolute atomic E-state index is 13.1. The maximum Gasteiger partial charge on any atom is 0.417 e. The van der Waals surface area contributed by atoms with E-state index in [1.165, 1.54) is 12.1 Å². The van der Waals surface area contributed by atoms with Crippen molar-refractivity contribution in [2.24, 2.45) is 5.73 Å². The molecule has 0 atom stereocenters. The van der Waals surface area contributed by atoms with Crippen molar-refractivity contribution in [3.8, 4) is 0 Å². The fourth-order valence-electron chi connectivity index (χ4n) is 2.21. The lowest BCUT2D eigenvalue weighted by atomic mass is 9.98. The molecule has 0 saturated heterocycles. The molecule has 0 radical (unpaired) electrons. The Bertz CT molecular complexity index is 665. The average molecular weight is 282 g/mol. The lowest BCUT2D eigenvalue weighted by Gasteiger charge is -2.14. The number of nitrogens with two attached hydrogens (primary N) is 1. The number of fused-ring (bicyclic) bond motifs is 1. The molecule has 0 aliphatic carbocycles. The summed E-state index contributed by atoms with van der Waals surface area (Å²) in [5.74, 6) is -0.544. The average Bonchev–Trinajstić information content (AvgIpc) is 2.33. The van der Waals surface area contributed by atoms with Crippen LogP contribution in [0, 0.1) is 6.92 Å². The molecule has 0 unspecified atom stereocenters. The first-order valence-corrected chi connectivity index (χ1v) is 6.04. The number of nitrogens with zero attached hydrogens (tertiary/aromatic N) is 1. The number of halogens is 3. The van der Waals surface area contributed by atoms with Gasteiger partial charge in [-0.3, -0.25) is 9.78 Å². The first-order chi connectivity index (χ1) is 9.29. The second kappa shape index (κ2) is 5.11. The molecule has 2 N–H and O–H groups in total. The molecular formula is C14H13F3N2O. The minimum atomic E-state index is -4.46. The first-order valence-electron chi connectivity index (χ1n) is 6.04. The molecule has 0 saturated carbocycles. The van der Waals surface area contributed by atoms with Crippen molar-refractivity contribution in [1.29, 1.82) is 0 Å². The smallest absolute Gasteiger partial charge is 0.370 e. The van der Waals surface area contributed by atoms with Crippen molar-refractivity contribution in [2.75, 3.05) is 0 Å². The molecule has 0 aliphatic rings. The quantitative estimate of drug-likeness (QED) is 0.940. The van der Waals surface area contributed by atoms with Crippen LogP contribution in [0.1, 0.15) is 23.2 Å². The molecule has 0 fully saturated rings. The van der Waals surface area contributed by atoms with Gasteiger partial charge in [-0.2, -0.15) is 13.2 Å². The maximum atomic E-state index is 13.1. The normalized spacial score (nSPS) is 11.8. The third-order valence-electron chi connectivity index (χ3n) is 2.99. The Morgan fingerprint density at radius 2 is 2.05 bits per heavy atom. The van der Waals surface area contributed by atoms with E-state index >= 15 is 0 Å². The second-order valence-corrected chi connectivity index (χ2v) is 4.59. The highest BCUT2D eigenvalue weighted by Gasteiger charge is 2.33. The number of carbonyl (C=O) groups is 1. The Kier molecular flexibility index (Phi) is 3.65. The van der Waals surface area contributed by atoms with Gasteiger partial charge in [0, 0.05) is 17.5 Å². The Morgan fingerprint density at radius 1 is 1.35 bits per heavy atom. The first kappa shape index (κ1) is 14.3. The van der Waals surface area contributed by atoms with Gasteiger partial charge in [-0.15, -0.1) is 0 Å². The van der Waals surface area contributed by atoms with Crippen LogP contribution in [0.5, 0.6) is 0 Å². The van der Waals surface area contributed by atoms with Gasteiger partial charge in [0.15, 0.2) is 0 Å². The summed E-state index contributed by atoms with van der Waals surface area (Å²) >= 11 is 0. The van der Waals surface area contributed by atoms with Crippen LogP contribution in [0.3, 0.4) is 0 Å².